The number of halogens is 1. The molecule has 1 aromatic heterocycles. The summed E-state index contributed by atoms with van der Waals surface area (Å²) in [5.74, 6) is 0.980. The summed E-state index contributed by atoms with van der Waals surface area (Å²) in [7, 11) is 0. The van der Waals surface area contributed by atoms with Crippen molar-refractivity contribution in [3.8, 4) is 0 Å². The summed E-state index contributed by atoms with van der Waals surface area (Å²) in [6.45, 7) is 4.56. The van der Waals surface area contributed by atoms with Crippen molar-refractivity contribution in [1.29, 1.82) is 0 Å². The molecule has 1 atom stereocenters. The lowest BCUT2D eigenvalue weighted by molar-refractivity contribution is 0.378. The monoisotopic (exact) mass is 240 g/mol. The lowest BCUT2D eigenvalue weighted by atomic mass is 9.92. The first-order chi connectivity index (χ1) is 7.48. The first kappa shape index (κ1) is 11.5. The summed E-state index contributed by atoms with van der Waals surface area (Å²) in [5, 5.41) is 3.77. The number of aromatic nitrogens is 2. The fraction of sp³-hybridized carbons (Fsp3) is 0.636. The number of hydrogen-bond acceptors (Lipinski definition) is 4. The third-order valence-electron chi connectivity index (χ3n) is 3.13. The van der Waals surface area contributed by atoms with Crippen LogP contribution < -0.4 is 11.1 Å². The maximum absolute atomic E-state index is 6.03. The molecule has 0 saturated heterocycles. The summed E-state index contributed by atoms with van der Waals surface area (Å²) >= 11 is 6.03. The lowest BCUT2D eigenvalue weighted by Crippen LogP contribution is -2.19. The van der Waals surface area contributed by atoms with Gasteiger partial charge in [0, 0.05) is 6.04 Å². The van der Waals surface area contributed by atoms with Crippen molar-refractivity contribution in [3.63, 3.8) is 0 Å². The number of anilines is 2. The zero-order valence-electron chi connectivity index (χ0n) is 9.63. The SMILES string of the molecule is CC1(C)CCC(Nc2ncnc(N)c2Cl)C1. The Labute approximate surface area is 101 Å². The predicted molar refractivity (Wildman–Crippen MR) is 66.5 cm³/mol. The molecule has 88 valence electrons. The minimum atomic E-state index is 0.330. The number of rotatable bonds is 2. The van der Waals surface area contributed by atoms with Crippen LogP contribution in [0.2, 0.25) is 5.02 Å². The molecule has 0 aromatic carbocycles. The summed E-state index contributed by atoms with van der Waals surface area (Å²) in [5.41, 5.74) is 6.03. The van der Waals surface area contributed by atoms with E-state index in [9.17, 15) is 0 Å². The zero-order valence-corrected chi connectivity index (χ0v) is 10.4. The molecule has 0 bridgehead atoms. The van der Waals surface area contributed by atoms with E-state index in [-0.39, 0.29) is 0 Å². The van der Waals surface area contributed by atoms with E-state index in [0.717, 1.165) is 12.8 Å². The first-order valence-electron chi connectivity index (χ1n) is 5.50. The molecule has 2 rings (SSSR count). The van der Waals surface area contributed by atoms with E-state index >= 15 is 0 Å². The van der Waals surface area contributed by atoms with Crippen LogP contribution in [0.4, 0.5) is 11.6 Å². The van der Waals surface area contributed by atoms with Gasteiger partial charge in [0.2, 0.25) is 0 Å². The molecule has 1 aliphatic rings. The standard InChI is InChI=1S/C11H17ClN4/c1-11(2)4-3-7(5-11)16-10-8(12)9(13)14-6-15-10/h6-7H,3-5H2,1-2H3,(H3,13,14,15,16). The minimum absolute atomic E-state index is 0.330. The van der Waals surface area contributed by atoms with Crippen LogP contribution >= 0.6 is 11.6 Å². The molecule has 0 spiro atoms. The molecule has 4 nitrogen and oxygen atoms in total. The van der Waals surface area contributed by atoms with Crippen LogP contribution in [0, 0.1) is 5.41 Å². The highest BCUT2D eigenvalue weighted by atomic mass is 35.5. The Balaban J connectivity index is 2.08. The van der Waals surface area contributed by atoms with Gasteiger partial charge in [0.25, 0.3) is 0 Å². The molecule has 1 saturated carbocycles. The number of hydrogen-bond donors (Lipinski definition) is 2. The van der Waals surface area contributed by atoms with Crippen molar-refractivity contribution < 1.29 is 0 Å². The maximum atomic E-state index is 6.03. The summed E-state index contributed by atoms with van der Waals surface area (Å²) < 4.78 is 0. The molecule has 0 amide bonds. The largest absolute Gasteiger partial charge is 0.382 e. The molecule has 0 radical (unpaired) electrons. The van der Waals surface area contributed by atoms with Crippen molar-refractivity contribution in [2.45, 2.75) is 39.2 Å². The summed E-state index contributed by atoms with van der Waals surface area (Å²) in [4.78, 5) is 7.95. The molecular formula is C11H17ClN4. The van der Waals surface area contributed by atoms with E-state index < -0.39 is 0 Å². The highest BCUT2D eigenvalue weighted by Gasteiger charge is 2.31. The fourth-order valence-corrected chi connectivity index (χ4v) is 2.39. The van der Waals surface area contributed by atoms with Crippen LogP contribution in [0.15, 0.2) is 6.33 Å². The smallest absolute Gasteiger partial charge is 0.150 e. The van der Waals surface area contributed by atoms with Crippen molar-refractivity contribution in [1.82, 2.24) is 9.97 Å². The van der Waals surface area contributed by atoms with Crippen LogP contribution in [0.3, 0.4) is 0 Å². The van der Waals surface area contributed by atoms with Gasteiger partial charge in [-0.25, -0.2) is 9.97 Å². The highest BCUT2D eigenvalue weighted by molar-refractivity contribution is 6.35. The third kappa shape index (κ3) is 2.38. The second-order valence-corrected chi connectivity index (χ2v) is 5.55. The second-order valence-electron chi connectivity index (χ2n) is 5.17. The quantitative estimate of drug-likeness (QED) is 0.834. The van der Waals surface area contributed by atoms with Crippen LogP contribution in [0.25, 0.3) is 0 Å². The fourth-order valence-electron chi connectivity index (χ4n) is 2.24. The van der Waals surface area contributed by atoms with Crippen molar-refractivity contribution >= 4 is 23.2 Å². The van der Waals surface area contributed by atoms with Gasteiger partial charge in [-0.2, -0.15) is 0 Å². The number of nitrogen functional groups attached to an aromatic ring is 1. The van der Waals surface area contributed by atoms with E-state index in [1.165, 1.54) is 12.7 Å². The molecule has 16 heavy (non-hydrogen) atoms. The lowest BCUT2D eigenvalue weighted by Gasteiger charge is -2.18. The van der Waals surface area contributed by atoms with Gasteiger partial charge in [-0.15, -0.1) is 0 Å². The van der Waals surface area contributed by atoms with Gasteiger partial charge in [0.1, 0.15) is 17.2 Å². The number of nitrogens with zero attached hydrogens (tertiary/aromatic N) is 2. The van der Waals surface area contributed by atoms with Crippen LogP contribution in [0.1, 0.15) is 33.1 Å². The zero-order chi connectivity index (χ0) is 11.8. The summed E-state index contributed by atoms with van der Waals surface area (Å²) in [6.07, 6.45) is 4.94. The molecule has 5 heteroatoms. The van der Waals surface area contributed by atoms with E-state index in [1.807, 2.05) is 0 Å². The molecule has 1 unspecified atom stereocenters. The minimum Gasteiger partial charge on any atom is -0.382 e. The topological polar surface area (TPSA) is 63.8 Å². The average molecular weight is 241 g/mol. The van der Waals surface area contributed by atoms with Crippen LogP contribution in [0.5, 0.6) is 0 Å². The Morgan fingerprint density at radius 2 is 2.25 bits per heavy atom. The Kier molecular flexibility index (Phi) is 2.93. The first-order valence-corrected chi connectivity index (χ1v) is 5.88. The van der Waals surface area contributed by atoms with Gasteiger partial charge in [0.15, 0.2) is 5.82 Å². The molecule has 3 N–H and O–H groups in total. The molecule has 1 aromatic rings. The predicted octanol–water partition coefficient (Wildman–Crippen LogP) is 2.70. The Morgan fingerprint density at radius 3 is 2.88 bits per heavy atom. The van der Waals surface area contributed by atoms with Gasteiger partial charge in [0.05, 0.1) is 0 Å². The molecule has 1 aliphatic carbocycles. The molecular weight excluding hydrogens is 224 g/mol. The molecule has 1 heterocycles. The maximum Gasteiger partial charge on any atom is 0.150 e. The van der Waals surface area contributed by atoms with Crippen molar-refractivity contribution in [2.75, 3.05) is 11.1 Å². The van der Waals surface area contributed by atoms with Crippen molar-refractivity contribution in [2.24, 2.45) is 5.41 Å². The highest BCUT2D eigenvalue weighted by Crippen LogP contribution is 2.38. The van der Waals surface area contributed by atoms with Gasteiger partial charge >= 0.3 is 0 Å². The molecule has 1 fully saturated rings. The number of nitrogens with two attached hydrogens (primary N) is 1. The van der Waals surface area contributed by atoms with E-state index in [0.29, 0.717) is 28.1 Å². The molecule has 0 aliphatic heterocycles. The van der Waals surface area contributed by atoms with Gasteiger partial charge < -0.3 is 11.1 Å². The van der Waals surface area contributed by atoms with Gasteiger partial charge in [-0.3, -0.25) is 0 Å². The average Bonchev–Trinajstić information content (AvgIpc) is 2.53. The Bertz CT molecular complexity index is 392. The van der Waals surface area contributed by atoms with E-state index in [1.54, 1.807) is 0 Å². The summed E-state index contributed by atoms with van der Waals surface area (Å²) in [6, 6.07) is 0.432. The van der Waals surface area contributed by atoms with Crippen LogP contribution in [-0.2, 0) is 0 Å². The van der Waals surface area contributed by atoms with Gasteiger partial charge in [-0.05, 0) is 24.7 Å². The van der Waals surface area contributed by atoms with Crippen molar-refractivity contribution in [3.05, 3.63) is 11.3 Å². The normalized spacial score (nSPS) is 23.3. The third-order valence-corrected chi connectivity index (χ3v) is 3.50. The Morgan fingerprint density at radius 1 is 1.50 bits per heavy atom. The van der Waals surface area contributed by atoms with E-state index in [4.69, 9.17) is 17.3 Å². The van der Waals surface area contributed by atoms with Gasteiger partial charge in [-0.1, -0.05) is 25.4 Å². The number of nitrogens with one attached hydrogen (secondary N) is 1. The van der Waals surface area contributed by atoms with E-state index in [2.05, 4.69) is 29.1 Å². The Hall–Kier alpha value is -1.03. The second kappa shape index (κ2) is 4.09. The van der Waals surface area contributed by atoms with Crippen LogP contribution in [-0.4, -0.2) is 16.0 Å².